The van der Waals surface area contributed by atoms with Crippen molar-refractivity contribution in [1.29, 1.82) is 0 Å². The van der Waals surface area contributed by atoms with Crippen LogP contribution in [0.5, 0.6) is 0 Å². The van der Waals surface area contributed by atoms with Crippen LogP contribution in [0.25, 0.3) is 0 Å². The van der Waals surface area contributed by atoms with E-state index in [-0.39, 0.29) is 20.9 Å². The van der Waals surface area contributed by atoms with E-state index in [1.165, 1.54) is 0 Å². The maximum Gasteiger partial charge on any atom is 0.243 e. The molecule has 0 heterocycles. The average molecular weight is 360 g/mol. The summed E-state index contributed by atoms with van der Waals surface area (Å²) >= 11 is 8.74. The van der Waals surface area contributed by atoms with Crippen molar-refractivity contribution in [2.75, 3.05) is 13.1 Å². The molecule has 18 heavy (non-hydrogen) atoms. The normalized spacial score (nSPS) is 11.8. The van der Waals surface area contributed by atoms with Crippen LogP contribution in [0.2, 0.25) is 5.02 Å². The summed E-state index contributed by atoms with van der Waals surface area (Å²) in [5.74, 6) is -0.603. The van der Waals surface area contributed by atoms with Gasteiger partial charge in [-0.05, 0) is 47.4 Å². The summed E-state index contributed by atoms with van der Waals surface area (Å²) in [6.45, 7) is 0.766. The fourth-order valence-electron chi connectivity index (χ4n) is 1.33. The van der Waals surface area contributed by atoms with Gasteiger partial charge in [-0.15, -0.1) is 0 Å². The topological polar surface area (TPSA) is 72.2 Å². The SMILES string of the molecule is NCCCCNS(=O)(=O)c1c(Cl)cc(F)cc1Br. The molecule has 0 aromatic heterocycles. The van der Waals surface area contributed by atoms with Crippen LogP contribution in [0.15, 0.2) is 21.5 Å². The van der Waals surface area contributed by atoms with E-state index < -0.39 is 15.8 Å². The summed E-state index contributed by atoms with van der Waals surface area (Å²) in [4.78, 5) is -0.154. The Bertz CT molecular complexity index is 502. The molecule has 4 nitrogen and oxygen atoms in total. The molecule has 1 aromatic rings. The van der Waals surface area contributed by atoms with E-state index in [0.717, 1.165) is 18.6 Å². The molecule has 0 radical (unpaired) electrons. The van der Waals surface area contributed by atoms with Crippen LogP contribution in [0.1, 0.15) is 12.8 Å². The van der Waals surface area contributed by atoms with Crippen LogP contribution in [0.3, 0.4) is 0 Å². The molecule has 1 rings (SSSR count). The van der Waals surface area contributed by atoms with Gasteiger partial charge in [-0.3, -0.25) is 0 Å². The number of nitrogens with two attached hydrogens (primary N) is 1. The van der Waals surface area contributed by atoms with Gasteiger partial charge in [0.1, 0.15) is 10.7 Å². The van der Waals surface area contributed by atoms with E-state index in [0.29, 0.717) is 13.0 Å². The lowest BCUT2D eigenvalue weighted by Crippen LogP contribution is -2.26. The summed E-state index contributed by atoms with van der Waals surface area (Å²) < 4.78 is 39.4. The van der Waals surface area contributed by atoms with Crippen LogP contribution in [0, 0.1) is 5.82 Å². The second kappa shape index (κ2) is 6.81. The lowest BCUT2D eigenvalue weighted by atomic mass is 10.3. The van der Waals surface area contributed by atoms with Gasteiger partial charge in [-0.2, -0.15) is 0 Å². The molecule has 0 saturated heterocycles. The van der Waals surface area contributed by atoms with Gasteiger partial charge in [-0.25, -0.2) is 17.5 Å². The van der Waals surface area contributed by atoms with E-state index >= 15 is 0 Å². The molecule has 0 aliphatic carbocycles. The maximum absolute atomic E-state index is 13.0. The molecule has 3 N–H and O–H groups in total. The first-order chi connectivity index (χ1) is 8.38. The van der Waals surface area contributed by atoms with Crippen LogP contribution >= 0.6 is 27.5 Å². The van der Waals surface area contributed by atoms with Crippen LogP contribution in [-0.2, 0) is 10.0 Å². The molecule has 0 unspecified atom stereocenters. The third-order valence-corrected chi connectivity index (χ3v) is 5.01. The van der Waals surface area contributed by atoms with Gasteiger partial charge in [0.2, 0.25) is 10.0 Å². The minimum absolute atomic E-state index is 0.0961. The van der Waals surface area contributed by atoms with E-state index in [1.807, 2.05) is 0 Å². The van der Waals surface area contributed by atoms with Crippen molar-refractivity contribution >= 4 is 37.6 Å². The van der Waals surface area contributed by atoms with E-state index in [9.17, 15) is 12.8 Å². The molecule has 1 aromatic carbocycles. The van der Waals surface area contributed by atoms with E-state index in [2.05, 4.69) is 20.7 Å². The van der Waals surface area contributed by atoms with Crippen molar-refractivity contribution in [3.63, 3.8) is 0 Å². The predicted molar refractivity (Wildman–Crippen MR) is 72.6 cm³/mol. The minimum Gasteiger partial charge on any atom is -0.330 e. The highest BCUT2D eigenvalue weighted by Crippen LogP contribution is 2.30. The molecule has 0 spiro atoms. The molecular formula is C10H13BrClFN2O2S. The Balaban J connectivity index is 2.92. The van der Waals surface area contributed by atoms with Gasteiger partial charge in [-0.1, -0.05) is 11.6 Å². The standard InChI is InChI=1S/C10H13BrClFN2O2S/c11-8-5-7(13)6-9(12)10(8)18(16,17)15-4-2-1-3-14/h5-6,15H,1-4,14H2. The van der Waals surface area contributed by atoms with Gasteiger partial charge in [0.05, 0.1) is 5.02 Å². The Morgan fingerprint density at radius 3 is 2.61 bits per heavy atom. The van der Waals surface area contributed by atoms with Crippen molar-refractivity contribution in [2.24, 2.45) is 5.73 Å². The summed E-state index contributed by atoms with van der Waals surface area (Å²) in [6.07, 6.45) is 1.35. The Labute approximate surface area is 119 Å². The van der Waals surface area contributed by atoms with Gasteiger partial charge < -0.3 is 5.73 Å². The second-order valence-corrected chi connectivity index (χ2v) is 6.56. The lowest BCUT2D eigenvalue weighted by molar-refractivity contribution is 0.575. The highest BCUT2D eigenvalue weighted by Gasteiger charge is 2.21. The van der Waals surface area contributed by atoms with Gasteiger partial charge in [0.25, 0.3) is 0 Å². The van der Waals surface area contributed by atoms with Crippen molar-refractivity contribution in [2.45, 2.75) is 17.7 Å². The Kier molecular flexibility index (Phi) is 6.00. The quantitative estimate of drug-likeness (QED) is 0.765. The third kappa shape index (κ3) is 4.17. The lowest BCUT2D eigenvalue weighted by Gasteiger charge is -2.10. The Morgan fingerprint density at radius 1 is 1.39 bits per heavy atom. The largest absolute Gasteiger partial charge is 0.330 e. The molecule has 0 saturated carbocycles. The molecule has 0 fully saturated rings. The molecule has 102 valence electrons. The number of halogens is 3. The Morgan fingerprint density at radius 2 is 2.06 bits per heavy atom. The number of sulfonamides is 1. The zero-order valence-electron chi connectivity index (χ0n) is 9.42. The zero-order valence-corrected chi connectivity index (χ0v) is 12.6. The number of benzene rings is 1. The first kappa shape index (κ1) is 15.8. The summed E-state index contributed by atoms with van der Waals surface area (Å²) in [6, 6.07) is 2.01. The number of unbranched alkanes of at least 4 members (excludes halogenated alkanes) is 1. The first-order valence-corrected chi connectivity index (χ1v) is 7.88. The van der Waals surface area contributed by atoms with E-state index in [4.69, 9.17) is 17.3 Å². The highest BCUT2D eigenvalue weighted by molar-refractivity contribution is 9.10. The summed E-state index contributed by atoms with van der Waals surface area (Å²) in [5, 5.41) is -0.159. The average Bonchev–Trinajstić information content (AvgIpc) is 2.22. The zero-order chi connectivity index (χ0) is 13.8. The van der Waals surface area contributed by atoms with Crippen molar-refractivity contribution in [3.05, 3.63) is 27.4 Å². The molecule has 8 heteroatoms. The summed E-state index contributed by atoms with van der Waals surface area (Å²) in [7, 11) is -3.76. The minimum atomic E-state index is -3.76. The highest BCUT2D eigenvalue weighted by atomic mass is 79.9. The molecule has 0 atom stereocenters. The van der Waals surface area contributed by atoms with Gasteiger partial charge >= 0.3 is 0 Å². The number of hydrogen-bond acceptors (Lipinski definition) is 3. The van der Waals surface area contributed by atoms with Gasteiger partial charge in [0.15, 0.2) is 0 Å². The van der Waals surface area contributed by atoms with Gasteiger partial charge in [0, 0.05) is 11.0 Å². The molecular weight excluding hydrogens is 347 g/mol. The molecule has 0 aliphatic rings. The van der Waals surface area contributed by atoms with Crippen LogP contribution in [-0.4, -0.2) is 21.5 Å². The fourth-order valence-corrected chi connectivity index (χ4v) is 4.22. The first-order valence-electron chi connectivity index (χ1n) is 5.23. The Hall–Kier alpha value is -0.210. The second-order valence-electron chi connectivity index (χ2n) is 3.59. The van der Waals surface area contributed by atoms with Crippen molar-refractivity contribution in [1.82, 2.24) is 4.72 Å². The van der Waals surface area contributed by atoms with Crippen LogP contribution in [0.4, 0.5) is 4.39 Å². The van der Waals surface area contributed by atoms with Crippen molar-refractivity contribution < 1.29 is 12.8 Å². The number of nitrogens with one attached hydrogen (secondary N) is 1. The number of hydrogen-bond donors (Lipinski definition) is 2. The van der Waals surface area contributed by atoms with Crippen LogP contribution < -0.4 is 10.5 Å². The third-order valence-electron chi connectivity index (χ3n) is 2.15. The van der Waals surface area contributed by atoms with E-state index in [1.54, 1.807) is 0 Å². The molecule has 0 aliphatic heterocycles. The van der Waals surface area contributed by atoms with Crippen molar-refractivity contribution in [3.8, 4) is 0 Å². The molecule has 0 amide bonds. The monoisotopic (exact) mass is 358 g/mol. The number of rotatable bonds is 6. The smallest absolute Gasteiger partial charge is 0.243 e. The predicted octanol–water partition coefficient (Wildman–Crippen LogP) is 2.26. The summed E-state index contributed by atoms with van der Waals surface area (Å²) in [5.41, 5.74) is 5.31. The molecule has 0 bridgehead atoms. The maximum atomic E-state index is 13.0. The fraction of sp³-hybridized carbons (Fsp3) is 0.400.